The predicted molar refractivity (Wildman–Crippen MR) is 116 cm³/mol. The first-order chi connectivity index (χ1) is 14.3. The van der Waals surface area contributed by atoms with Crippen molar-refractivity contribution in [3.8, 4) is 5.75 Å². The zero-order valence-corrected chi connectivity index (χ0v) is 17.4. The Labute approximate surface area is 175 Å². The van der Waals surface area contributed by atoms with Gasteiger partial charge in [0.25, 0.3) is 5.91 Å². The molecule has 0 bridgehead atoms. The maximum absolute atomic E-state index is 13.0. The Kier molecular flexibility index (Phi) is 6.16. The summed E-state index contributed by atoms with van der Waals surface area (Å²) < 4.78 is 5.87. The van der Waals surface area contributed by atoms with E-state index in [0.29, 0.717) is 39.5 Å². The number of benzene rings is 2. The van der Waals surface area contributed by atoms with Gasteiger partial charge in [-0.3, -0.25) is 14.4 Å². The molecule has 1 heterocycles. The van der Waals surface area contributed by atoms with E-state index >= 15 is 0 Å². The summed E-state index contributed by atoms with van der Waals surface area (Å²) in [7, 11) is 0. The maximum Gasteiger partial charge on any atom is 0.259 e. The van der Waals surface area contributed by atoms with Gasteiger partial charge in [0, 0.05) is 16.9 Å². The Hall–Kier alpha value is -3.67. The molecule has 0 radical (unpaired) electrons. The number of aromatic amines is 1. The van der Waals surface area contributed by atoms with Crippen LogP contribution in [0.2, 0.25) is 0 Å². The Balaban J connectivity index is 1.81. The first-order valence-electron chi connectivity index (χ1n) is 9.66. The largest absolute Gasteiger partial charge is 0.482 e. The molecular weight excluding hydrogens is 380 g/mol. The number of Topliss-reactive ketones (excluding diaryl/α,β-unsaturated/α-hetero) is 2. The monoisotopic (exact) mass is 404 g/mol. The SMILES string of the molecule is CC(=O)c1c(C)[nH]c(C(=O)C(C)Oc2ccccc2C(=O)Nc2ccccc2)c1C. The van der Waals surface area contributed by atoms with Crippen molar-refractivity contribution in [2.75, 3.05) is 5.32 Å². The maximum atomic E-state index is 13.0. The number of amides is 1. The summed E-state index contributed by atoms with van der Waals surface area (Å²) in [6.07, 6.45) is -0.854. The second-order valence-corrected chi connectivity index (χ2v) is 7.12. The molecule has 30 heavy (non-hydrogen) atoms. The highest BCUT2D eigenvalue weighted by molar-refractivity contribution is 6.07. The van der Waals surface area contributed by atoms with E-state index in [2.05, 4.69) is 10.3 Å². The van der Waals surface area contributed by atoms with Crippen molar-refractivity contribution in [3.63, 3.8) is 0 Å². The molecular formula is C24H24N2O4. The zero-order chi connectivity index (χ0) is 21.8. The number of carbonyl (C=O) groups is 3. The second-order valence-electron chi connectivity index (χ2n) is 7.12. The molecule has 6 nitrogen and oxygen atoms in total. The number of hydrogen-bond acceptors (Lipinski definition) is 4. The second kappa shape index (κ2) is 8.78. The summed E-state index contributed by atoms with van der Waals surface area (Å²) in [4.78, 5) is 40.5. The molecule has 0 spiro atoms. The van der Waals surface area contributed by atoms with Crippen molar-refractivity contribution >= 4 is 23.2 Å². The molecule has 3 rings (SSSR count). The molecule has 0 aliphatic heterocycles. The standard InChI is InChI=1S/C24H24N2O4/c1-14-21(16(3)27)15(2)25-22(14)23(28)17(4)30-20-13-9-8-12-19(20)24(29)26-18-10-6-5-7-11-18/h5-13,17,25H,1-4H3,(H,26,29). The van der Waals surface area contributed by atoms with E-state index < -0.39 is 6.10 Å². The third-order valence-electron chi connectivity index (χ3n) is 4.87. The minimum atomic E-state index is -0.854. The summed E-state index contributed by atoms with van der Waals surface area (Å²) in [6.45, 7) is 6.59. The molecule has 2 aromatic carbocycles. The highest BCUT2D eigenvalue weighted by Crippen LogP contribution is 2.24. The van der Waals surface area contributed by atoms with Crippen LogP contribution in [-0.4, -0.2) is 28.6 Å². The van der Waals surface area contributed by atoms with E-state index in [1.54, 1.807) is 57.2 Å². The average Bonchev–Trinajstić information content (AvgIpc) is 3.02. The van der Waals surface area contributed by atoms with Crippen molar-refractivity contribution in [2.45, 2.75) is 33.8 Å². The van der Waals surface area contributed by atoms with Crippen molar-refractivity contribution < 1.29 is 19.1 Å². The van der Waals surface area contributed by atoms with E-state index in [4.69, 9.17) is 4.74 Å². The Morgan fingerprint density at radius 3 is 2.23 bits per heavy atom. The molecule has 0 saturated heterocycles. The molecule has 154 valence electrons. The van der Waals surface area contributed by atoms with Crippen LogP contribution in [0.4, 0.5) is 5.69 Å². The summed E-state index contributed by atoms with van der Waals surface area (Å²) >= 11 is 0. The smallest absolute Gasteiger partial charge is 0.259 e. The molecule has 1 amide bonds. The topological polar surface area (TPSA) is 88.3 Å². The van der Waals surface area contributed by atoms with Gasteiger partial charge in [0.1, 0.15) is 5.75 Å². The Morgan fingerprint density at radius 2 is 1.60 bits per heavy atom. The number of ether oxygens (including phenoxy) is 1. The number of rotatable bonds is 7. The van der Waals surface area contributed by atoms with E-state index in [1.807, 2.05) is 18.2 Å². The molecule has 0 saturated carbocycles. The lowest BCUT2D eigenvalue weighted by Crippen LogP contribution is -2.26. The first kappa shape index (κ1) is 21.0. The fraction of sp³-hybridized carbons (Fsp3) is 0.208. The van der Waals surface area contributed by atoms with E-state index in [1.165, 1.54) is 6.92 Å². The van der Waals surface area contributed by atoms with Crippen molar-refractivity contribution in [2.24, 2.45) is 0 Å². The Bertz CT molecular complexity index is 1100. The van der Waals surface area contributed by atoms with E-state index in [9.17, 15) is 14.4 Å². The van der Waals surface area contributed by atoms with Crippen LogP contribution in [0, 0.1) is 13.8 Å². The van der Waals surface area contributed by atoms with Gasteiger partial charge in [0.2, 0.25) is 5.78 Å². The molecule has 0 aliphatic rings. The fourth-order valence-corrected chi connectivity index (χ4v) is 3.45. The molecule has 1 atom stereocenters. The van der Waals surface area contributed by atoms with Gasteiger partial charge in [-0.1, -0.05) is 30.3 Å². The predicted octanol–water partition coefficient (Wildman–Crippen LogP) is 4.74. The van der Waals surface area contributed by atoms with Crippen LogP contribution in [0.3, 0.4) is 0 Å². The molecule has 3 aromatic rings. The first-order valence-corrected chi connectivity index (χ1v) is 9.66. The van der Waals surface area contributed by atoms with Gasteiger partial charge in [-0.25, -0.2) is 0 Å². The van der Waals surface area contributed by atoms with Gasteiger partial charge >= 0.3 is 0 Å². The number of para-hydroxylation sites is 2. The normalized spacial score (nSPS) is 11.6. The van der Waals surface area contributed by atoms with Crippen LogP contribution in [0.25, 0.3) is 0 Å². The van der Waals surface area contributed by atoms with Gasteiger partial charge in [-0.05, 0) is 57.5 Å². The number of carbonyl (C=O) groups excluding carboxylic acids is 3. The highest BCUT2D eigenvalue weighted by Gasteiger charge is 2.26. The summed E-state index contributed by atoms with van der Waals surface area (Å²) in [5.74, 6) is -0.417. The number of ketones is 2. The summed E-state index contributed by atoms with van der Waals surface area (Å²) in [5, 5.41) is 2.82. The zero-order valence-electron chi connectivity index (χ0n) is 17.4. The number of nitrogens with one attached hydrogen (secondary N) is 2. The number of aryl methyl sites for hydroxylation is 1. The van der Waals surface area contributed by atoms with E-state index in [-0.39, 0.29) is 17.5 Å². The van der Waals surface area contributed by atoms with Crippen molar-refractivity contribution in [1.29, 1.82) is 0 Å². The van der Waals surface area contributed by atoms with Crippen molar-refractivity contribution in [1.82, 2.24) is 4.98 Å². The molecule has 1 aromatic heterocycles. The lowest BCUT2D eigenvalue weighted by molar-refractivity contribution is 0.0806. The van der Waals surface area contributed by atoms with Gasteiger partial charge in [-0.2, -0.15) is 0 Å². The van der Waals surface area contributed by atoms with Gasteiger partial charge in [-0.15, -0.1) is 0 Å². The molecule has 6 heteroatoms. The minimum absolute atomic E-state index is 0.100. The van der Waals surface area contributed by atoms with Gasteiger partial charge in [0.15, 0.2) is 11.9 Å². The average molecular weight is 404 g/mol. The number of aromatic nitrogens is 1. The highest BCUT2D eigenvalue weighted by atomic mass is 16.5. The van der Waals surface area contributed by atoms with Gasteiger partial charge < -0.3 is 15.0 Å². The number of H-pyrrole nitrogens is 1. The van der Waals surface area contributed by atoms with E-state index in [0.717, 1.165) is 0 Å². The number of hydrogen-bond donors (Lipinski definition) is 2. The minimum Gasteiger partial charge on any atom is -0.482 e. The lowest BCUT2D eigenvalue weighted by atomic mass is 10.0. The summed E-state index contributed by atoms with van der Waals surface area (Å²) in [6, 6.07) is 15.9. The van der Waals surface area contributed by atoms with Crippen LogP contribution in [0.5, 0.6) is 5.75 Å². The molecule has 1 unspecified atom stereocenters. The third kappa shape index (κ3) is 4.33. The lowest BCUT2D eigenvalue weighted by Gasteiger charge is -2.16. The van der Waals surface area contributed by atoms with Crippen LogP contribution < -0.4 is 10.1 Å². The Morgan fingerprint density at radius 1 is 0.967 bits per heavy atom. The molecule has 0 fully saturated rings. The van der Waals surface area contributed by atoms with Crippen LogP contribution >= 0.6 is 0 Å². The van der Waals surface area contributed by atoms with Crippen LogP contribution in [-0.2, 0) is 0 Å². The third-order valence-corrected chi connectivity index (χ3v) is 4.87. The fourth-order valence-electron chi connectivity index (χ4n) is 3.45. The van der Waals surface area contributed by atoms with Crippen LogP contribution in [0.15, 0.2) is 54.6 Å². The number of anilines is 1. The molecule has 2 N–H and O–H groups in total. The van der Waals surface area contributed by atoms with Crippen LogP contribution in [0.1, 0.15) is 56.3 Å². The molecule has 0 aliphatic carbocycles. The van der Waals surface area contributed by atoms with Crippen molar-refractivity contribution in [3.05, 3.63) is 82.7 Å². The summed E-state index contributed by atoms with van der Waals surface area (Å²) in [5.41, 5.74) is 3.11. The van der Waals surface area contributed by atoms with Gasteiger partial charge in [0.05, 0.1) is 11.3 Å². The quantitative estimate of drug-likeness (QED) is 0.557.